The van der Waals surface area contributed by atoms with Gasteiger partial charge in [0.25, 0.3) is 10.0 Å². The van der Waals surface area contributed by atoms with Gasteiger partial charge in [-0.3, -0.25) is 4.79 Å². The number of fused-ring (bicyclic) bond motifs is 1. The Morgan fingerprint density at radius 3 is 2.47 bits per heavy atom. The van der Waals surface area contributed by atoms with Crippen LogP contribution in [0.1, 0.15) is 31.1 Å². The number of nitrogens with one attached hydrogen (secondary N) is 1. The molecule has 0 atom stereocenters. The lowest BCUT2D eigenvalue weighted by Gasteiger charge is -2.26. The van der Waals surface area contributed by atoms with E-state index < -0.39 is 21.3 Å². The van der Waals surface area contributed by atoms with Gasteiger partial charge in [0.05, 0.1) is 5.69 Å². The monoisotopic (exact) mass is 281 g/mol. The molecule has 0 aliphatic carbocycles. The highest BCUT2D eigenvalue weighted by Gasteiger charge is 2.30. The largest absolute Gasteiger partial charge is 0.366 e. The molecule has 1 aliphatic rings. The van der Waals surface area contributed by atoms with E-state index in [0.717, 1.165) is 0 Å². The summed E-state index contributed by atoms with van der Waals surface area (Å²) < 4.78 is 27.9. The SMILES string of the molecule is CC(C)(C)C1=NS(=O)(=O)c2ccc(C(N)=O)cc2N1. The number of hydrogen-bond acceptors (Lipinski definition) is 4. The van der Waals surface area contributed by atoms with E-state index in [0.29, 0.717) is 11.5 Å². The molecule has 0 aromatic heterocycles. The Kier molecular flexibility index (Phi) is 2.89. The lowest BCUT2D eigenvalue weighted by atomic mass is 9.95. The minimum Gasteiger partial charge on any atom is -0.366 e. The molecule has 0 fully saturated rings. The number of rotatable bonds is 1. The number of hydrogen-bond donors (Lipinski definition) is 2. The van der Waals surface area contributed by atoms with Crippen molar-refractivity contribution < 1.29 is 13.2 Å². The topological polar surface area (TPSA) is 102 Å². The van der Waals surface area contributed by atoms with Crippen LogP contribution < -0.4 is 11.1 Å². The van der Waals surface area contributed by atoms with E-state index in [4.69, 9.17) is 5.73 Å². The van der Waals surface area contributed by atoms with Crippen LogP contribution in [-0.4, -0.2) is 20.2 Å². The molecule has 19 heavy (non-hydrogen) atoms. The van der Waals surface area contributed by atoms with Gasteiger partial charge in [-0.05, 0) is 18.2 Å². The van der Waals surface area contributed by atoms with Crippen molar-refractivity contribution >= 4 is 27.5 Å². The van der Waals surface area contributed by atoms with Crippen LogP contribution in [0.25, 0.3) is 0 Å². The molecule has 0 saturated heterocycles. The standard InChI is InChI=1S/C12H15N3O3S/c1-12(2,3)11-14-8-6-7(10(13)16)4-5-9(8)19(17,18)15-11/h4-6H,1-3H3,(H2,13,16)(H,14,15). The Bertz CT molecular complexity index is 685. The van der Waals surface area contributed by atoms with Gasteiger partial charge in [-0.1, -0.05) is 20.8 Å². The van der Waals surface area contributed by atoms with Crippen LogP contribution in [0, 0.1) is 5.41 Å². The van der Waals surface area contributed by atoms with E-state index >= 15 is 0 Å². The number of nitrogens with two attached hydrogens (primary N) is 1. The van der Waals surface area contributed by atoms with Gasteiger partial charge in [0, 0.05) is 11.0 Å². The molecule has 0 unspecified atom stereocenters. The summed E-state index contributed by atoms with van der Waals surface area (Å²) in [5.74, 6) is -0.275. The summed E-state index contributed by atoms with van der Waals surface area (Å²) in [5.41, 5.74) is 5.31. The van der Waals surface area contributed by atoms with Crippen molar-refractivity contribution in [2.24, 2.45) is 15.5 Å². The molecule has 1 amide bonds. The average Bonchev–Trinajstić information content (AvgIpc) is 2.25. The molecule has 0 bridgehead atoms. The van der Waals surface area contributed by atoms with Gasteiger partial charge >= 0.3 is 0 Å². The Morgan fingerprint density at radius 1 is 1.32 bits per heavy atom. The zero-order valence-corrected chi connectivity index (χ0v) is 11.7. The van der Waals surface area contributed by atoms with Gasteiger partial charge in [0.1, 0.15) is 10.7 Å². The first-order valence-electron chi connectivity index (χ1n) is 5.67. The summed E-state index contributed by atoms with van der Waals surface area (Å²) in [6.45, 7) is 5.53. The Morgan fingerprint density at radius 2 is 1.95 bits per heavy atom. The molecule has 6 nitrogen and oxygen atoms in total. The number of benzene rings is 1. The van der Waals surface area contributed by atoms with E-state index in [2.05, 4.69) is 9.71 Å². The van der Waals surface area contributed by atoms with Crippen LogP contribution in [0.15, 0.2) is 27.5 Å². The molecule has 2 rings (SSSR count). The number of nitrogens with zero attached hydrogens (tertiary/aromatic N) is 1. The maximum Gasteiger partial charge on any atom is 0.286 e. The fourth-order valence-electron chi connectivity index (χ4n) is 1.65. The van der Waals surface area contributed by atoms with Gasteiger partial charge in [-0.25, -0.2) is 0 Å². The van der Waals surface area contributed by atoms with E-state index in [1.807, 2.05) is 20.8 Å². The second kappa shape index (κ2) is 4.06. The van der Waals surface area contributed by atoms with Gasteiger partial charge in [0.15, 0.2) is 0 Å². The van der Waals surface area contributed by atoms with E-state index in [1.54, 1.807) is 0 Å². The number of anilines is 1. The lowest BCUT2D eigenvalue weighted by Crippen LogP contribution is -2.32. The number of sulfonamides is 1. The molecule has 0 saturated carbocycles. The summed E-state index contributed by atoms with van der Waals surface area (Å²) in [7, 11) is -3.74. The quantitative estimate of drug-likeness (QED) is 0.811. The highest BCUT2D eigenvalue weighted by molar-refractivity contribution is 7.90. The maximum absolute atomic E-state index is 12.1. The molecule has 102 valence electrons. The van der Waals surface area contributed by atoms with E-state index in [-0.39, 0.29) is 10.5 Å². The third kappa shape index (κ3) is 2.46. The molecule has 0 radical (unpaired) electrons. The Balaban J connectivity index is 2.62. The molecule has 1 aromatic rings. The van der Waals surface area contributed by atoms with Crippen molar-refractivity contribution in [3.8, 4) is 0 Å². The van der Waals surface area contributed by atoms with Crippen LogP contribution in [0.2, 0.25) is 0 Å². The normalized spacial score (nSPS) is 17.1. The zero-order valence-electron chi connectivity index (χ0n) is 10.9. The van der Waals surface area contributed by atoms with Gasteiger partial charge in [0.2, 0.25) is 5.91 Å². The van der Waals surface area contributed by atoms with Crippen LogP contribution in [0.3, 0.4) is 0 Å². The Hall–Kier alpha value is -1.89. The second-order valence-electron chi connectivity index (χ2n) is 5.37. The summed E-state index contributed by atoms with van der Waals surface area (Å²) >= 11 is 0. The zero-order chi connectivity index (χ0) is 14.4. The summed E-state index contributed by atoms with van der Waals surface area (Å²) in [6, 6.07) is 4.13. The molecule has 1 heterocycles. The summed E-state index contributed by atoms with van der Waals surface area (Å²) in [6.07, 6.45) is 0. The molecule has 3 N–H and O–H groups in total. The molecule has 7 heteroatoms. The van der Waals surface area contributed by atoms with Crippen molar-refractivity contribution in [3.63, 3.8) is 0 Å². The van der Waals surface area contributed by atoms with Gasteiger partial charge in [-0.15, -0.1) is 4.40 Å². The molecule has 0 spiro atoms. The van der Waals surface area contributed by atoms with Crippen LogP contribution in [-0.2, 0) is 10.0 Å². The molecule has 1 aromatic carbocycles. The minimum atomic E-state index is -3.74. The number of amides is 1. The number of amidine groups is 1. The van der Waals surface area contributed by atoms with Gasteiger partial charge in [-0.2, -0.15) is 8.42 Å². The summed E-state index contributed by atoms with van der Waals surface area (Å²) in [4.78, 5) is 11.2. The van der Waals surface area contributed by atoms with Crippen molar-refractivity contribution in [2.75, 3.05) is 5.32 Å². The van der Waals surface area contributed by atoms with Crippen molar-refractivity contribution in [2.45, 2.75) is 25.7 Å². The molecular weight excluding hydrogens is 266 g/mol. The first kappa shape index (κ1) is 13.5. The van der Waals surface area contributed by atoms with Crippen LogP contribution in [0.4, 0.5) is 5.69 Å². The third-order valence-electron chi connectivity index (χ3n) is 2.72. The smallest absolute Gasteiger partial charge is 0.286 e. The lowest BCUT2D eigenvalue weighted by molar-refractivity contribution is 0.1000. The summed E-state index contributed by atoms with van der Waals surface area (Å²) in [5, 5.41) is 2.95. The van der Waals surface area contributed by atoms with E-state index in [1.165, 1.54) is 18.2 Å². The predicted molar refractivity (Wildman–Crippen MR) is 72.7 cm³/mol. The maximum atomic E-state index is 12.1. The highest BCUT2D eigenvalue weighted by Crippen LogP contribution is 2.32. The van der Waals surface area contributed by atoms with Crippen molar-refractivity contribution in [1.82, 2.24) is 0 Å². The highest BCUT2D eigenvalue weighted by atomic mass is 32.2. The van der Waals surface area contributed by atoms with Crippen molar-refractivity contribution in [1.29, 1.82) is 0 Å². The van der Waals surface area contributed by atoms with Crippen LogP contribution in [0.5, 0.6) is 0 Å². The van der Waals surface area contributed by atoms with Crippen LogP contribution >= 0.6 is 0 Å². The van der Waals surface area contributed by atoms with Crippen molar-refractivity contribution in [3.05, 3.63) is 23.8 Å². The fourth-order valence-corrected chi connectivity index (χ4v) is 2.94. The fraction of sp³-hybridized carbons (Fsp3) is 0.333. The molecule has 1 aliphatic heterocycles. The number of carbonyl (C=O) groups is 1. The second-order valence-corrected chi connectivity index (χ2v) is 6.94. The van der Waals surface area contributed by atoms with E-state index in [9.17, 15) is 13.2 Å². The first-order chi connectivity index (χ1) is 8.61. The average molecular weight is 281 g/mol. The number of carbonyl (C=O) groups excluding carboxylic acids is 1. The third-order valence-corrected chi connectivity index (χ3v) is 4.05. The first-order valence-corrected chi connectivity index (χ1v) is 7.11. The Labute approximate surface area is 111 Å². The predicted octanol–water partition coefficient (Wildman–Crippen LogP) is 1.34. The van der Waals surface area contributed by atoms with Gasteiger partial charge < -0.3 is 11.1 Å². The number of primary amides is 1. The molecular formula is C12H15N3O3S. The minimum absolute atomic E-state index is 0.0468.